The molecular weight excluding hydrogens is 360 g/mol. The van der Waals surface area contributed by atoms with Gasteiger partial charge in [0.05, 0.1) is 20.5 Å². The summed E-state index contributed by atoms with van der Waals surface area (Å²) in [6.45, 7) is 0. The zero-order valence-corrected chi connectivity index (χ0v) is 15.4. The summed E-state index contributed by atoms with van der Waals surface area (Å²) in [7, 11) is 2.76. The van der Waals surface area contributed by atoms with Crippen LogP contribution in [0.1, 0.15) is 5.56 Å². The standard InChI is InChI=1S/C21H18N2O5/c1-25-14-18(20(24)26-2)17-9-3-4-10-19(17)27-15-7-5-8-16(13-15)28-21-22-11-6-12-23-21/h3-14H,1-2H3. The molecule has 0 unspecified atom stereocenters. The maximum absolute atomic E-state index is 12.1. The van der Waals surface area contributed by atoms with Crippen LogP contribution in [0.4, 0.5) is 0 Å². The second kappa shape index (κ2) is 9.18. The summed E-state index contributed by atoms with van der Waals surface area (Å²) in [6.07, 6.45) is 4.51. The van der Waals surface area contributed by atoms with Crippen LogP contribution < -0.4 is 9.47 Å². The van der Waals surface area contributed by atoms with Gasteiger partial charge >= 0.3 is 12.0 Å². The second-order valence-corrected chi connectivity index (χ2v) is 5.47. The molecule has 0 N–H and O–H groups in total. The number of esters is 1. The van der Waals surface area contributed by atoms with E-state index in [4.69, 9.17) is 18.9 Å². The monoisotopic (exact) mass is 378 g/mol. The molecule has 0 aliphatic heterocycles. The number of para-hydroxylation sites is 1. The topological polar surface area (TPSA) is 79.8 Å². The molecule has 3 rings (SSSR count). The first-order valence-electron chi connectivity index (χ1n) is 8.34. The molecule has 7 nitrogen and oxygen atoms in total. The molecule has 0 bridgehead atoms. The predicted molar refractivity (Wildman–Crippen MR) is 102 cm³/mol. The molecule has 0 radical (unpaired) electrons. The molecule has 142 valence electrons. The van der Waals surface area contributed by atoms with Crippen LogP contribution in [-0.2, 0) is 14.3 Å². The van der Waals surface area contributed by atoms with Gasteiger partial charge in [0.2, 0.25) is 0 Å². The van der Waals surface area contributed by atoms with Gasteiger partial charge in [0.15, 0.2) is 0 Å². The van der Waals surface area contributed by atoms with Crippen molar-refractivity contribution in [2.75, 3.05) is 14.2 Å². The molecule has 0 aliphatic rings. The molecule has 0 saturated carbocycles. The van der Waals surface area contributed by atoms with Gasteiger partial charge in [-0.05, 0) is 24.3 Å². The van der Waals surface area contributed by atoms with E-state index in [2.05, 4.69) is 9.97 Å². The van der Waals surface area contributed by atoms with E-state index in [1.54, 1.807) is 67.0 Å². The highest BCUT2D eigenvalue weighted by molar-refractivity contribution is 6.17. The lowest BCUT2D eigenvalue weighted by Gasteiger charge is -2.13. The maximum Gasteiger partial charge on any atom is 0.341 e. The van der Waals surface area contributed by atoms with Gasteiger partial charge in [0, 0.05) is 24.0 Å². The van der Waals surface area contributed by atoms with E-state index in [0.29, 0.717) is 22.8 Å². The van der Waals surface area contributed by atoms with Gasteiger partial charge in [-0.1, -0.05) is 24.3 Å². The Morgan fingerprint density at radius 1 is 0.893 bits per heavy atom. The number of hydrogen-bond donors (Lipinski definition) is 0. The quantitative estimate of drug-likeness (QED) is 0.346. The van der Waals surface area contributed by atoms with Gasteiger partial charge < -0.3 is 18.9 Å². The summed E-state index contributed by atoms with van der Waals surface area (Å²) in [5.74, 6) is 0.963. The highest BCUT2D eigenvalue weighted by Gasteiger charge is 2.18. The zero-order chi connectivity index (χ0) is 19.8. The van der Waals surface area contributed by atoms with Crippen molar-refractivity contribution in [1.29, 1.82) is 0 Å². The van der Waals surface area contributed by atoms with E-state index < -0.39 is 5.97 Å². The Kier molecular flexibility index (Phi) is 6.20. The van der Waals surface area contributed by atoms with Crippen molar-refractivity contribution in [1.82, 2.24) is 9.97 Å². The summed E-state index contributed by atoms with van der Waals surface area (Å²) < 4.78 is 21.5. The van der Waals surface area contributed by atoms with Crippen LogP contribution in [0.15, 0.2) is 73.3 Å². The normalized spacial score (nSPS) is 10.9. The van der Waals surface area contributed by atoms with Crippen LogP contribution in [-0.4, -0.2) is 30.2 Å². The predicted octanol–water partition coefficient (Wildman–Crippen LogP) is 4.22. The fourth-order valence-electron chi connectivity index (χ4n) is 2.40. The number of methoxy groups -OCH3 is 2. The summed E-state index contributed by atoms with van der Waals surface area (Å²) >= 11 is 0. The third kappa shape index (κ3) is 4.64. The number of carbonyl (C=O) groups is 1. The number of hydrogen-bond acceptors (Lipinski definition) is 7. The average Bonchev–Trinajstić information content (AvgIpc) is 2.73. The van der Waals surface area contributed by atoms with E-state index in [1.807, 2.05) is 0 Å². The summed E-state index contributed by atoms with van der Waals surface area (Å²) in [4.78, 5) is 20.2. The van der Waals surface area contributed by atoms with Gasteiger partial charge in [-0.15, -0.1) is 0 Å². The van der Waals surface area contributed by atoms with Gasteiger partial charge in [0.25, 0.3) is 0 Å². The van der Waals surface area contributed by atoms with Crippen LogP contribution in [0.3, 0.4) is 0 Å². The highest BCUT2D eigenvalue weighted by atomic mass is 16.5. The van der Waals surface area contributed by atoms with Crippen LogP contribution >= 0.6 is 0 Å². The van der Waals surface area contributed by atoms with E-state index in [9.17, 15) is 4.79 Å². The lowest BCUT2D eigenvalue weighted by molar-refractivity contribution is -0.133. The van der Waals surface area contributed by atoms with Crippen molar-refractivity contribution in [2.24, 2.45) is 0 Å². The molecular formula is C21H18N2O5. The smallest absolute Gasteiger partial charge is 0.341 e. The molecule has 0 atom stereocenters. The Bertz CT molecular complexity index is 973. The first-order valence-corrected chi connectivity index (χ1v) is 8.34. The van der Waals surface area contributed by atoms with Crippen LogP contribution in [0.5, 0.6) is 23.3 Å². The second-order valence-electron chi connectivity index (χ2n) is 5.47. The first-order chi connectivity index (χ1) is 13.7. The molecule has 3 aromatic rings. The van der Waals surface area contributed by atoms with Crippen LogP contribution in [0.25, 0.3) is 5.57 Å². The number of aromatic nitrogens is 2. The molecule has 0 spiro atoms. The third-order valence-corrected chi connectivity index (χ3v) is 3.60. The Morgan fingerprint density at radius 2 is 1.61 bits per heavy atom. The number of benzene rings is 2. The summed E-state index contributed by atoms with van der Waals surface area (Å²) in [6, 6.07) is 16.0. The number of ether oxygens (including phenoxy) is 4. The van der Waals surface area contributed by atoms with E-state index >= 15 is 0 Å². The van der Waals surface area contributed by atoms with Crippen molar-refractivity contribution in [3.05, 3.63) is 78.8 Å². The van der Waals surface area contributed by atoms with Crippen molar-refractivity contribution in [2.45, 2.75) is 0 Å². The summed E-state index contributed by atoms with van der Waals surface area (Å²) in [5.41, 5.74) is 0.777. The first kappa shape index (κ1) is 18.9. The lowest BCUT2D eigenvalue weighted by atomic mass is 10.1. The van der Waals surface area contributed by atoms with Crippen molar-refractivity contribution >= 4 is 11.5 Å². The van der Waals surface area contributed by atoms with Crippen molar-refractivity contribution in [3.8, 4) is 23.3 Å². The molecule has 7 heteroatoms. The maximum atomic E-state index is 12.1. The van der Waals surface area contributed by atoms with Crippen molar-refractivity contribution < 1.29 is 23.7 Å². The number of nitrogens with zero attached hydrogens (tertiary/aromatic N) is 2. The molecule has 28 heavy (non-hydrogen) atoms. The minimum absolute atomic E-state index is 0.232. The Morgan fingerprint density at radius 3 is 2.32 bits per heavy atom. The Balaban J connectivity index is 1.87. The molecule has 1 aromatic heterocycles. The fraction of sp³-hybridized carbons (Fsp3) is 0.0952. The minimum Gasteiger partial charge on any atom is -0.503 e. The fourth-order valence-corrected chi connectivity index (χ4v) is 2.40. The van der Waals surface area contributed by atoms with Gasteiger partial charge in [-0.25, -0.2) is 14.8 Å². The Hall–Kier alpha value is -3.87. The van der Waals surface area contributed by atoms with Crippen LogP contribution in [0, 0.1) is 0 Å². The van der Waals surface area contributed by atoms with E-state index in [0.717, 1.165) is 0 Å². The van der Waals surface area contributed by atoms with Gasteiger partial charge in [-0.3, -0.25) is 0 Å². The van der Waals surface area contributed by atoms with Crippen LogP contribution in [0.2, 0.25) is 0 Å². The molecule has 2 aromatic carbocycles. The molecule has 0 saturated heterocycles. The number of carbonyl (C=O) groups excluding carboxylic acids is 1. The van der Waals surface area contributed by atoms with E-state index in [1.165, 1.54) is 20.5 Å². The Labute approximate surface area is 162 Å². The zero-order valence-electron chi connectivity index (χ0n) is 15.4. The SMILES string of the molecule is COC=C(C(=O)OC)c1ccccc1Oc1cccc(Oc2ncccn2)c1. The molecule has 0 fully saturated rings. The van der Waals surface area contributed by atoms with E-state index in [-0.39, 0.29) is 11.6 Å². The average molecular weight is 378 g/mol. The third-order valence-electron chi connectivity index (χ3n) is 3.60. The molecule has 0 aliphatic carbocycles. The van der Waals surface area contributed by atoms with Crippen molar-refractivity contribution in [3.63, 3.8) is 0 Å². The largest absolute Gasteiger partial charge is 0.503 e. The minimum atomic E-state index is -0.531. The van der Waals surface area contributed by atoms with Gasteiger partial charge in [0.1, 0.15) is 22.8 Å². The lowest BCUT2D eigenvalue weighted by Crippen LogP contribution is -2.05. The highest BCUT2D eigenvalue weighted by Crippen LogP contribution is 2.32. The molecule has 0 amide bonds. The molecule has 1 heterocycles. The summed E-state index contributed by atoms with van der Waals surface area (Å²) in [5, 5.41) is 0. The van der Waals surface area contributed by atoms with Gasteiger partial charge in [-0.2, -0.15) is 0 Å². The number of rotatable bonds is 7.